The van der Waals surface area contributed by atoms with Crippen LogP contribution >= 0.6 is 0 Å². The van der Waals surface area contributed by atoms with Crippen molar-refractivity contribution in [3.05, 3.63) is 24.3 Å². The van der Waals surface area contributed by atoms with Crippen LogP contribution in [0.1, 0.15) is 232 Å². The van der Waals surface area contributed by atoms with Gasteiger partial charge in [0.05, 0.1) is 31.3 Å². The van der Waals surface area contributed by atoms with E-state index in [-0.39, 0.29) is 18.9 Å². The summed E-state index contributed by atoms with van der Waals surface area (Å²) in [5.41, 5.74) is 0. The summed E-state index contributed by atoms with van der Waals surface area (Å²) in [6.07, 6.45) is 48.9. The van der Waals surface area contributed by atoms with E-state index in [0.29, 0.717) is 6.42 Å². The van der Waals surface area contributed by atoms with E-state index in [1.807, 2.05) is 6.08 Å². The molecule has 3 atom stereocenters. The lowest BCUT2D eigenvalue weighted by Gasteiger charge is -2.21. The highest BCUT2D eigenvalue weighted by molar-refractivity contribution is 5.76. The van der Waals surface area contributed by atoms with Crippen LogP contribution in [0.2, 0.25) is 0 Å². The highest BCUT2D eigenvalue weighted by Crippen LogP contribution is 2.16. The third-order valence-corrected chi connectivity index (χ3v) is 10.2. The van der Waals surface area contributed by atoms with Gasteiger partial charge in [-0.2, -0.15) is 0 Å². The Kier molecular flexibility index (Phi) is 39.6. The van der Waals surface area contributed by atoms with Gasteiger partial charge in [0, 0.05) is 0 Å². The second kappa shape index (κ2) is 40.6. The molecule has 0 saturated carbocycles. The fraction of sp³-hybridized carbons (Fsp3) is 0.889. The normalized spacial score (nSPS) is 13.8. The van der Waals surface area contributed by atoms with Crippen molar-refractivity contribution in [3.63, 3.8) is 0 Å². The average molecular weight is 706 g/mol. The van der Waals surface area contributed by atoms with E-state index in [9.17, 15) is 20.1 Å². The minimum absolute atomic E-state index is 0.00970. The quantitative estimate of drug-likeness (QED) is 0.0377. The molecule has 0 spiro atoms. The molecule has 0 bridgehead atoms. The molecule has 0 fully saturated rings. The Bertz CT molecular complexity index is 739. The number of aliphatic hydroxyl groups excluding tert-OH is 3. The summed E-state index contributed by atoms with van der Waals surface area (Å²) in [4.78, 5) is 12.4. The van der Waals surface area contributed by atoms with Gasteiger partial charge in [0.2, 0.25) is 5.91 Å². The number of rotatable bonds is 40. The first-order chi connectivity index (χ1) is 24.5. The lowest BCUT2D eigenvalue weighted by Crippen LogP contribution is -2.45. The first-order valence-corrected chi connectivity index (χ1v) is 22.1. The van der Waals surface area contributed by atoms with E-state index >= 15 is 0 Å². The molecule has 0 aromatic heterocycles. The van der Waals surface area contributed by atoms with E-state index in [1.165, 1.54) is 173 Å². The Labute approximate surface area is 312 Å². The van der Waals surface area contributed by atoms with Gasteiger partial charge in [0.25, 0.3) is 0 Å². The van der Waals surface area contributed by atoms with Crippen LogP contribution in [-0.2, 0) is 4.79 Å². The zero-order chi connectivity index (χ0) is 36.6. The van der Waals surface area contributed by atoms with Crippen molar-refractivity contribution in [2.24, 2.45) is 0 Å². The Hall–Kier alpha value is -1.17. The van der Waals surface area contributed by atoms with Crippen molar-refractivity contribution in [1.29, 1.82) is 0 Å². The summed E-state index contributed by atoms with van der Waals surface area (Å²) in [6, 6.07) is -0.757. The fourth-order valence-corrected chi connectivity index (χ4v) is 6.83. The van der Waals surface area contributed by atoms with Crippen LogP contribution in [0.5, 0.6) is 0 Å². The summed E-state index contributed by atoms with van der Waals surface area (Å²) in [5.74, 6) is -0.322. The van der Waals surface area contributed by atoms with Gasteiger partial charge >= 0.3 is 0 Å². The lowest BCUT2D eigenvalue weighted by molar-refractivity contribution is -0.124. The molecule has 0 radical (unpaired) electrons. The second-order valence-electron chi connectivity index (χ2n) is 15.3. The lowest BCUT2D eigenvalue weighted by atomic mass is 10.0. The van der Waals surface area contributed by atoms with Crippen molar-refractivity contribution in [3.8, 4) is 0 Å². The summed E-state index contributed by atoms with van der Waals surface area (Å²) in [7, 11) is 0. The highest BCUT2D eigenvalue weighted by Gasteiger charge is 2.20. The highest BCUT2D eigenvalue weighted by atomic mass is 16.3. The van der Waals surface area contributed by atoms with Crippen LogP contribution < -0.4 is 5.32 Å². The van der Waals surface area contributed by atoms with Crippen LogP contribution in [0, 0.1) is 0 Å². The van der Waals surface area contributed by atoms with Gasteiger partial charge in [-0.1, -0.05) is 218 Å². The van der Waals surface area contributed by atoms with Crippen LogP contribution in [0.4, 0.5) is 0 Å². The number of unbranched alkanes of at least 4 members (excludes halogenated alkanes) is 29. The molecule has 0 aliphatic heterocycles. The standard InChI is InChI=1S/C45H87NO4/c1-3-5-7-9-11-13-15-17-19-21-23-25-27-29-31-33-35-37-39-44(49)43(41-47)46-45(50)40-42(48)38-36-34-32-30-28-26-24-22-20-18-16-14-12-10-8-6-4-2/h29,31,37,39,42-44,47-49H,3-28,30,32-36,38,40-41H2,1-2H3,(H,46,50)/b31-29+,39-37+. The minimum Gasteiger partial charge on any atom is -0.394 e. The number of carbonyl (C=O) groups is 1. The Morgan fingerprint density at radius 3 is 1.28 bits per heavy atom. The molecular formula is C45H87NO4. The number of allylic oxidation sites excluding steroid dienone is 3. The molecule has 0 aromatic rings. The van der Waals surface area contributed by atoms with Crippen LogP contribution in [0.25, 0.3) is 0 Å². The molecule has 0 rings (SSSR count). The summed E-state index contributed by atoms with van der Waals surface area (Å²) >= 11 is 0. The predicted octanol–water partition coefficient (Wildman–Crippen LogP) is 12.6. The molecule has 0 heterocycles. The SMILES string of the molecule is CCCCCCCCCCCCCC/C=C/CC/C=C/C(O)C(CO)NC(=O)CC(O)CCCCCCCCCCCCCCCCCCC. The molecule has 3 unspecified atom stereocenters. The van der Waals surface area contributed by atoms with Crippen molar-refractivity contribution in [1.82, 2.24) is 5.32 Å². The van der Waals surface area contributed by atoms with Crippen molar-refractivity contribution in [2.75, 3.05) is 6.61 Å². The number of hydrogen-bond donors (Lipinski definition) is 4. The van der Waals surface area contributed by atoms with Gasteiger partial charge in [-0.3, -0.25) is 4.79 Å². The zero-order valence-electron chi connectivity index (χ0n) is 33.5. The maximum Gasteiger partial charge on any atom is 0.222 e. The molecule has 4 N–H and O–H groups in total. The molecule has 0 aromatic carbocycles. The molecule has 50 heavy (non-hydrogen) atoms. The fourth-order valence-electron chi connectivity index (χ4n) is 6.83. The van der Waals surface area contributed by atoms with Crippen LogP contribution in [0.3, 0.4) is 0 Å². The molecule has 0 aliphatic carbocycles. The largest absolute Gasteiger partial charge is 0.394 e. The number of hydrogen-bond acceptors (Lipinski definition) is 4. The van der Waals surface area contributed by atoms with Gasteiger partial charge in [-0.05, 0) is 32.1 Å². The van der Waals surface area contributed by atoms with E-state index in [0.717, 1.165) is 32.1 Å². The second-order valence-corrected chi connectivity index (χ2v) is 15.3. The van der Waals surface area contributed by atoms with Gasteiger partial charge in [0.15, 0.2) is 0 Å². The molecule has 5 nitrogen and oxygen atoms in total. The summed E-state index contributed by atoms with van der Waals surface area (Å²) in [5, 5.41) is 33.2. The van der Waals surface area contributed by atoms with E-state index < -0.39 is 18.2 Å². The first-order valence-electron chi connectivity index (χ1n) is 22.1. The van der Waals surface area contributed by atoms with E-state index in [4.69, 9.17) is 0 Å². The molecule has 296 valence electrons. The van der Waals surface area contributed by atoms with Gasteiger partial charge < -0.3 is 20.6 Å². The monoisotopic (exact) mass is 706 g/mol. The Morgan fingerprint density at radius 2 is 0.860 bits per heavy atom. The van der Waals surface area contributed by atoms with Gasteiger partial charge in [-0.25, -0.2) is 0 Å². The number of aliphatic hydroxyl groups is 3. The van der Waals surface area contributed by atoms with E-state index in [1.54, 1.807) is 6.08 Å². The third kappa shape index (κ3) is 36.6. The summed E-state index contributed by atoms with van der Waals surface area (Å²) in [6.45, 7) is 4.21. The molecule has 0 aliphatic rings. The topological polar surface area (TPSA) is 89.8 Å². The first kappa shape index (κ1) is 48.8. The van der Waals surface area contributed by atoms with Crippen molar-refractivity contribution < 1.29 is 20.1 Å². The van der Waals surface area contributed by atoms with Gasteiger partial charge in [0.1, 0.15) is 0 Å². The maximum atomic E-state index is 12.4. The maximum absolute atomic E-state index is 12.4. The molecular weight excluding hydrogens is 618 g/mol. The van der Waals surface area contributed by atoms with Crippen LogP contribution in [-0.4, -0.2) is 46.1 Å². The number of carbonyl (C=O) groups excluding carboxylic acids is 1. The Morgan fingerprint density at radius 1 is 0.500 bits per heavy atom. The third-order valence-electron chi connectivity index (χ3n) is 10.2. The van der Waals surface area contributed by atoms with Gasteiger partial charge in [-0.15, -0.1) is 0 Å². The van der Waals surface area contributed by atoms with Crippen LogP contribution in [0.15, 0.2) is 24.3 Å². The molecule has 5 heteroatoms. The smallest absolute Gasteiger partial charge is 0.222 e. The zero-order valence-corrected chi connectivity index (χ0v) is 33.5. The number of nitrogens with one attached hydrogen (secondary N) is 1. The molecule has 1 amide bonds. The van der Waals surface area contributed by atoms with E-state index in [2.05, 4.69) is 31.3 Å². The van der Waals surface area contributed by atoms with Crippen molar-refractivity contribution in [2.45, 2.75) is 250 Å². The van der Waals surface area contributed by atoms with Crippen molar-refractivity contribution >= 4 is 5.91 Å². The average Bonchev–Trinajstić information content (AvgIpc) is 3.11. The summed E-state index contributed by atoms with van der Waals surface area (Å²) < 4.78 is 0. The minimum atomic E-state index is -0.948. The predicted molar refractivity (Wildman–Crippen MR) is 218 cm³/mol. The Balaban J connectivity index is 3.69. The number of amides is 1. The molecule has 0 saturated heterocycles.